The lowest BCUT2D eigenvalue weighted by Gasteiger charge is -2.40. The highest BCUT2D eigenvalue weighted by Gasteiger charge is 2.19. The van der Waals surface area contributed by atoms with E-state index in [1.807, 2.05) is 10.6 Å². The van der Waals surface area contributed by atoms with Gasteiger partial charge in [-0.05, 0) is 0 Å². The first-order valence-electron chi connectivity index (χ1n) is 5.68. The van der Waals surface area contributed by atoms with Gasteiger partial charge in [0, 0.05) is 0 Å². The molecule has 0 atom stereocenters. The van der Waals surface area contributed by atoms with E-state index in [2.05, 4.69) is 30.7 Å². The zero-order valence-electron chi connectivity index (χ0n) is 10.9. The van der Waals surface area contributed by atoms with Crippen molar-refractivity contribution in [1.82, 2.24) is 31.3 Å². The van der Waals surface area contributed by atoms with E-state index in [9.17, 15) is 19.4 Å². The van der Waals surface area contributed by atoms with Crippen molar-refractivity contribution in [3.05, 3.63) is 9.81 Å². The van der Waals surface area contributed by atoms with Crippen molar-refractivity contribution in [2.24, 2.45) is 20.8 Å². The second-order valence-electron chi connectivity index (χ2n) is 3.83. The van der Waals surface area contributed by atoms with Crippen molar-refractivity contribution < 1.29 is 9.59 Å². The monoisotopic (exact) mass is 302 g/mol. The lowest BCUT2D eigenvalue weighted by atomic mass is 10.5. The van der Waals surface area contributed by atoms with Crippen molar-refractivity contribution in [2.75, 3.05) is 33.3 Å². The van der Waals surface area contributed by atoms with Crippen LogP contribution < -0.4 is 21.5 Å². The predicted octanol–water partition coefficient (Wildman–Crippen LogP) is -1.20. The molecule has 2 aliphatic rings. The smallest absolute Gasteiger partial charge is 0.291 e. The minimum absolute atomic E-state index is 1.03. The van der Waals surface area contributed by atoms with Crippen LogP contribution in [0.2, 0.25) is 0 Å². The Morgan fingerprint density at radius 1 is 0.810 bits per heavy atom. The fraction of sp³-hybridized carbons (Fsp3) is 0.714. The van der Waals surface area contributed by atoms with Gasteiger partial charge < -0.3 is 0 Å². The van der Waals surface area contributed by atoms with Crippen LogP contribution in [0.3, 0.4) is 0 Å². The lowest BCUT2D eigenvalue weighted by Crippen LogP contribution is -2.61. The van der Waals surface area contributed by atoms with Gasteiger partial charge in [-0.1, -0.05) is 10.2 Å². The second-order valence-corrected chi connectivity index (χ2v) is 3.83. The minimum Gasteiger partial charge on any atom is -0.291 e. The van der Waals surface area contributed by atoms with E-state index in [4.69, 9.17) is 0 Å². The molecule has 2 heterocycles. The number of urea groups is 2. The molecule has 116 valence electrons. The molecule has 0 saturated carbocycles. The highest BCUT2D eigenvalue weighted by Crippen LogP contribution is 1.99. The number of rotatable bonds is 2. The molecule has 14 nitrogen and oxygen atoms in total. The molecule has 0 aromatic carbocycles. The zero-order valence-corrected chi connectivity index (χ0v) is 10.9. The Morgan fingerprint density at radius 3 is 1.48 bits per heavy atom. The number of hydrogen-bond acceptors (Lipinski definition) is 10. The number of carbonyl (C=O) groups is 2. The summed E-state index contributed by atoms with van der Waals surface area (Å²) in [5, 5.41) is 15.7. The van der Waals surface area contributed by atoms with Gasteiger partial charge in [0.1, 0.15) is 0 Å². The number of hydrogen-bond donors (Lipinski definition) is 4. The molecule has 0 spiro atoms. The van der Waals surface area contributed by atoms with E-state index >= 15 is 0 Å². The number of nitroso groups, excluding NO2 is 2. The van der Waals surface area contributed by atoms with Crippen LogP contribution >= 0.6 is 0 Å². The SMILES string of the molecule is C1NCN2CNCN1C2.O=NNC(=O)N=NC(=O)NN=O. The van der Waals surface area contributed by atoms with Crippen molar-refractivity contribution in [3.63, 3.8) is 0 Å². The molecule has 0 radical (unpaired) electrons. The summed E-state index contributed by atoms with van der Waals surface area (Å²) in [6, 6.07) is -2.46. The van der Waals surface area contributed by atoms with Crippen molar-refractivity contribution in [1.29, 1.82) is 0 Å². The Balaban J connectivity index is 0.000000216. The molecule has 0 aliphatic carbocycles. The quantitative estimate of drug-likeness (QED) is 0.280. The van der Waals surface area contributed by atoms with Crippen LogP contribution in [-0.2, 0) is 0 Å². The highest BCUT2D eigenvalue weighted by atomic mass is 16.3. The molecule has 4 N–H and O–H groups in total. The Labute approximate surface area is 118 Å². The molecule has 0 unspecified atom stereocenters. The Morgan fingerprint density at radius 2 is 1.19 bits per heavy atom. The topological polar surface area (TPSA) is 172 Å². The molecular weight excluding hydrogens is 288 g/mol. The third-order valence-corrected chi connectivity index (χ3v) is 2.26. The first-order chi connectivity index (χ1) is 10.2. The van der Waals surface area contributed by atoms with Crippen LogP contribution in [0.1, 0.15) is 0 Å². The van der Waals surface area contributed by atoms with Crippen LogP contribution in [0.25, 0.3) is 0 Å². The number of amides is 4. The second kappa shape index (κ2) is 9.48. The third-order valence-electron chi connectivity index (χ3n) is 2.26. The summed E-state index contributed by atoms with van der Waals surface area (Å²) in [6.45, 7) is 5.25. The van der Waals surface area contributed by atoms with E-state index < -0.39 is 12.1 Å². The average molecular weight is 302 g/mol. The van der Waals surface area contributed by atoms with Crippen molar-refractivity contribution in [2.45, 2.75) is 0 Å². The standard InChI is InChI=1S/C5H12N4.C2H2N6O4/c1-6-2-9-4-7-3-8(1)5-9;9-1(5-7-11)3-4-2(10)6-8-12/h6-7H,1-5H2;(H,5,9,11)(H,6,10,12). The zero-order chi connectivity index (χ0) is 15.5. The normalized spacial score (nSPS) is 23.4. The predicted molar refractivity (Wildman–Crippen MR) is 67.8 cm³/mol. The molecule has 0 aromatic heterocycles. The number of nitrogens with one attached hydrogen (secondary N) is 4. The first kappa shape index (κ1) is 16.6. The van der Waals surface area contributed by atoms with Crippen LogP contribution in [-0.4, -0.2) is 55.2 Å². The maximum absolute atomic E-state index is 10.2. The van der Waals surface area contributed by atoms with Crippen molar-refractivity contribution >= 4 is 12.1 Å². The third kappa shape index (κ3) is 7.06. The summed E-state index contributed by atoms with van der Waals surface area (Å²) in [4.78, 5) is 43.7. The fourth-order valence-electron chi connectivity index (χ4n) is 1.54. The molecule has 2 fully saturated rings. The van der Waals surface area contributed by atoms with Gasteiger partial charge in [0.15, 0.2) is 0 Å². The largest absolute Gasteiger partial charge is 0.382 e. The van der Waals surface area contributed by atoms with E-state index in [1.165, 1.54) is 10.9 Å². The highest BCUT2D eigenvalue weighted by molar-refractivity contribution is 5.79. The van der Waals surface area contributed by atoms with Gasteiger partial charge in [0.25, 0.3) is 0 Å². The van der Waals surface area contributed by atoms with Crippen LogP contribution in [0.15, 0.2) is 20.8 Å². The summed E-state index contributed by atoms with van der Waals surface area (Å²) in [5.41, 5.74) is 2.65. The Bertz CT molecular complexity index is 370. The molecule has 2 saturated heterocycles. The van der Waals surface area contributed by atoms with Gasteiger partial charge >= 0.3 is 12.1 Å². The fourth-order valence-corrected chi connectivity index (χ4v) is 1.54. The molecule has 2 aliphatic heterocycles. The maximum atomic E-state index is 10.2. The van der Waals surface area contributed by atoms with E-state index in [0.29, 0.717) is 0 Å². The number of nitrogens with zero attached hydrogens (tertiary/aromatic N) is 6. The summed E-state index contributed by atoms with van der Waals surface area (Å²) >= 11 is 0. The molecule has 2 bridgehead atoms. The number of azo groups is 1. The molecule has 0 aromatic rings. The summed E-state index contributed by atoms with van der Waals surface area (Å²) in [5.74, 6) is 0. The molecular formula is C7H14N10O4. The summed E-state index contributed by atoms with van der Waals surface area (Å²) < 4.78 is 0. The van der Waals surface area contributed by atoms with Gasteiger partial charge in [-0.25, -0.2) is 9.59 Å². The molecule has 21 heavy (non-hydrogen) atoms. The van der Waals surface area contributed by atoms with Gasteiger partial charge in [0.2, 0.25) is 0 Å². The Kier molecular flexibility index (Phi) is 7.51. The molecule has 4 amide bonds. The minimum atomic E-state index is -1.23. The summed E-state index contributed by atoms with van der Waals surface area (Å²) in [7, 11) is 0. The van der Waals surface area contributed by atoms with Gasteiger partial charge in [0.05, 0.1) is 43.9 Å². The Hall–Kier alpha value is -2.42. The van der Waals surface area contributed by atoms with Gasteiger partial charge in [-0.2, -0.15) is 10.9 Å². The van der Waals surface area contributed by atoms with Crippen LogP contribution in [0.4, 0.5) is 9.59 Å². The average Bonchev–Trinajstić information content (AvgIpc) is 2.47. The van der Waals surface area contributed by atoms with Crippen molar-refractivity contribution in [3.8, 4) is 0 Å². The van der Waals surface area contributed by atoms with E-state index in [0.717, 1.165) is 33.3 Å². The van der Waals surface area contributed by atoms with E-state index in [1.54, 1.807) is 0 Å². The molecule has 2 rings (SSSR count). The van der Waals surface area contributed by atoms with Gasteiger partial charge in [-0.15, -0.1) is 9.81 Å². The maximum Gasteiger partial charge on any atom is 0.382 e. The van der Waals surface area contributed by atoms with Gasteiger partial charge in [-0.3, -0.25) is 20.4 Å². The van der Waals surface area contributed by atoms with Crippen LogP contribution in [0, 0.1) is 9.81 Å². The number of fused-ring (bicyclic) bond motifs is 2. The number of carbonyl (C=O) groups excluding carboxylic acids is 2. The van der Waals surface area contributed by atoms with Crippen LogP contribution in [0.5, 0.6) is 0 Å². The lowest BCUT2D eigenvalue weighted by molar-refractivity contribution is 0.0112. The summed E-state index contributed by atoms with van der Waals surface area (Å²) in [6.07, 6.45) is 0. The first-order valence-corrected chi connectivity index (χ1v) is 5.68. The molecule has 14 heteroatoms. The van der Waals surface area contributed by atoms with E-state index in [-0.39, 0.29) is 0 Å².